The van der Waals surface area contributed by atoms with Gasteiger partial charge >= 0.3 is 0 Å². The van der Waals surface area contributed by atoms with Crippen LogP contribution in [0.15, 0.2) is 22.8 Å². The number of furan rings is 1. The molecule has 1 unspecified atom stereocenters. The van der Waals surface area contributed by atoms with Crippen LogP contribution < -0.4 is 11.1 Å². The first-order chi connectivity index (χ1) is 9.58. The van der Waals surface area contributed by atoms with Gasteiger partial charge in [0.25, 0.3) is 0 Å². The molecule has 2 rings (SSSR count). The molecule has 0 aliphatic carbocycles. The summed E-state index contributed by atoms with van der Waals surface area (Å²) in [5.41, 5.74) is 5.36. The Hall–Kier alpha value is -1.86. The Labute approximate surface area is 117 Å². The third-order valence-corrected chi connectivity index (χ3v) is 3.42. The lowest BCUT2D eigenvalue weighted by Crippen LogP contribution is -2.58. The molecule has 0 aromatic carbocycles. The summed E-state index contributed by atoms with van der Waals surface area (Å²) in [6.45, 7) is 2.48. The van der Waals surface area contributed by atoms with E-state index in [1.807, 2.05) is 11.0 Å². The monoisotopic (exact) mass is 280 g/mol. The Kier molecular flexibility index (Phi) is 4.75. The van der Waals surface area contributed by atoms with E-state index in [2.05, 4.69) is 5.32 Å². The van der Waals surface area contributed by atoms with Gasteiger partial charge in [-0.2, -0.15) is 0 Å². The van der Waals surface area contributed by atoms with Gasteiger partial charge in [-0.25, -0.2) is 0 Å². The largest absolute Gasteiger partial charge is 0.467 e. The average molecular weight is 280 g/mol. The summed E-state index contributed by atoms with van der Waals surface area (Å²) in [5, 5.41) is 3.10. The van der Waals surface area contributed by atoms with E-state index in [0.717, 1.165) is 12.3 Å². The number of hydrogen-bond donors (Lipinski definition) is 2. The van der Waals surface area contributed by atoms with Crippen LogP contribution in [0.25, 0.3) is 0 Å². The first kappa shape index (κ1) is 14.5. The molecule has 1 saturated heterocycles. The van der Waals surface area contributed by atoms with Crippen molar-refractivity contribution in [2.24, 2.45) is 5.73 Å². The second-order valence-electron chi connectivity index (χ2n) is 4.92. The highest BCUT2D eigenvalue weighted by atomic mass is 16.3. The van der Waals surface area contributed by atoms with Gasteiger partial charge in [-0.15, -0.1) is 0 Å². The fourth-order valence-electron chi connectivity index (χ4n) is 2.24. The van der Waals surface area contributed by atoms with Crippen LogP contribution in [-0.2, 0) is 16.1 Å². The average Bonchev–Trinajstić information content (AvgIpc) is 2.91. The molecule has 1 aliphatic rings. The molecule has 0 saturated carbocycles. The lowest BCUT2D eigenvalue weighted by Gasteiger charge is -2.34. The molecule has 2 heterocycles. The van der Waals surface area contributed by atoms with Crippen LogP contribution >= 0.6 is 0 Å². The minimum atomic E-state index is -0.426. The van der Waals surface area contributed by atoms with Crippen LogP contribution in [0.1, 0.15) is 5.76 Å². The van der Waals surface area contributed by atoms with Gasteiger partial charge in [0.05, 0.1) is 19.4 Å². The molecule has 1 atom stereocenters. The van der Waals surface area contributed by atoms with Gasteiger partial charge in [-0.1, -0.05) is 0 Å². The molecule has 1 aromatic rings. The van der Waals surface area contributed by atoms with Gasteiger partial charge < -0.3 is 20.4 Å². The molecule has 7 nitrogen and oxygen atoms in total. The molecule has 0 spiro atoms. The van der Waals surface area contributed by atoms with Crippen LogP contribution in [0.5, 0.6) is 0 Å². The van der Waals surface area contributed by atoms with Crippen molar-refractivity contribution in [3.8, 4) is 0 Å². The van der Waals surface area contributed by atoms with E-state index in [4.69, 9.17) is 10.2 Å². The third-order valence-electron chi connectivity index (χ3n) is 3.42. The number of nitrogens with two attached hydrogens (primary N) is 1. The topological polar surface area (TPSA) is 91.8 Å². The molecule has 2 amide bonds. The zero-order chi connectivity index (χ0) is 14.5. The summed E-state index contributed by atoms with van der Waals surface area (Å²) in [6.07, 6.45) is 1.58. The van der Waals surface area contributed by atoms with Crippen molar-refractivity contribution < 1.29 is 14.0 Å². The summed E-state index contributed by atoms with van der Waals surface area (Å²) >= 11 is 0. The van der Waals surface area contributed by atoms with Crippen LogP contribution in [0.4, 0.5) is 0 Å². The Morgan fingerprint density at radius 2 is 2.40 bits per heavy atom. The van der Waals surface area contributed by atoms with Gasteiger partial charge in [0.1, 0.15) is 11.8 Å². The maximum Gasteiger partial charge on any atom is 0.236 e. The van der Waals surface area contributed by atoms with Crippen molar-refractivity contribution in [3.05, 3.63) is 24.2 Å². The van der Waals surface area contributed by atoms with Crippen molar-refractivity contribution in [1.82, 2.24) is 15.1 Å². The normalized spacial score (nSPS) is 19.8. The molecule has 7 heteroatoms. The highest BCUT2D eigenvalue weighted by Gasteiger charge is 2.29. The summed E-state index contributed by atoms with van der Waals surface area (Å²) in [6, 6.07) is 3.18. The van der Waals surface area contributed by atoms with E-state index in [-0.39, 0.29) is 12.5 Å². The molecule has 1 aliphatic heterocycles. The number of carbonyl (C=O) groups is 2. The predicted octanol–water partition coefficient (Wildman–Crippen LogP) is -1.00. The number of primary amides is 1. The number of rotatable bonds is 5. The van der Waals surface area contributed by atoms with Gasteiger partial charge in [-0.3, -0.25) is 14.5 Å². The standard InChI is InChI=1S/C13H20N4O3/c1-16(8-10-3-2-6-20-10)12(18)9-17-5-4-15-7-11(17)13(14)19/h2-3,6,11,15H,4-5,7-9H2,1H3,(H2,14,19). The van der Waals surface area contributed by atoms with Gasteiger partial charge in [0.15, 0.2) is 0 Å². The maximum atomic E-state index is 12.2. The Morgan fingerprint density at radius 1 is 1.60 bits per heavy atom. The summed E-state index contributed by atoms with van der Waals surface area (Å²) in [5.74, 6) is 0.265. The van der Waals surface area contributed by atoms with Crippen LogP contribution in [-0.4, -0.2) is 60.9 Å². The van der Waals surface area contributed by atoms with Crippen molar-refractivity contribution in [2.45, 2.75) is 12.6 Å². The van der Waals surface area contributed by atoms with Crippen molar-refractivity contribution >= 4 is 11.8 Å². The van der Waals surface area contributed by atoms with Crippen LogP contribution in [0.2, 0.25) is 0 Å². The van der Waals surface area contributed by atoms with E-state index in [0.29, 0.717) is 19.6 Å². The Balaban J connectivity index is 1.90. The number of likely N-dealkylation sites (N-methyl/N-ethyl adjacent to an activating group) is 1. The molecular formula is C13H20N4O3. The fourth-order valence-corrected chi connectivity index (χ4v) is 2.24. The highest BCUT2D eigenvalue weighted by molar-refractivity contribution is 5.82. The molecular weight excluding hydrogens is 260 g/mol. The van der Waals surface area contributed by atoms with E-state index in [9.17, 15) is 9.59 Å². The number of piperazine rings is 1. The van der Waals surface area contributed by atoms with Crippen molar-refractivity contribution in [3.63, 3.8) is 0 Å². The number of amides is 2. The quantitative estimate of drug-likeness (QED) is 0.721. The van der Waals surface area contributed by atoms with E-state index >= 15 is 0 Å². The van der Waals surface area contributed by atoms with Crippen molar-refractivity contribution in [1.29, 1.82) is 0 Å². The molecule has 20 heavy (non-hydrogen) atoms. The molecule has 110 valence electrons. The van der Waals surface area contributed by atoms with Crippen molar-refractivity contribution in [2.75, 3.05) is 33.2 Å². The number of carbonyl (C=O) groups excluding carboxylic acids is 2. The molecule has 0 bridgehead atoms. The summed E-state index contributed by atoms with van der Waals surface area (Å²) in [7, 11) is 1.71. The minimum Gasteiger partial charge on any atom is -0.467 e. The molecule has 1 aromatic heterocycles. The first-order valence-electron chi connectivity index (χ1n) is 6.58. The zero-order valence-corrected chi connectivity index (χ0v) is 11.5. The number of nitrogens with one attached hydrogen (secondary N) is 1. The lowest BCUT2D eigenvalue weighted by atomic mass is 10.2. The maximum absolute atomic E-state index is 12.2. The number of hydrogen-bond acceptors (Lipinski definition) is 5. The third kappa shape index (κ3) is 3.58. The minimum absolute atomic E-state index is 0.0606. The fraction of sp³-hybridized carbons (Fsp3) is 0.538. The van der Waals surface area contributed by atoms with Gasteiger partial charge in [-0.05, 0) is 12.1 Å². The van der Waals surface area contributed by atoms with E-state index in [1.165, 1.54) is 0 Å². The molecule has 1 fully saturated rings. The smallest absolute Gasteiger partial charge is 0.236 e. The second-order valence-corrected chi connectivity index (χ2v) is 4.92. The molecule has 3 N–H and O–H groups in total. The van der Waals surface area contributed by atoms with Gasteiger partial charge in [0, 0.05) is 26.7 Å². The Morgan fingerprint density at radius 3 is 3.05 bits per heavy atom. The highest BCUT2D eigenvalue weighted by Crippen LogP contribution is 2.07. The molecule has 0 radical (unpaired) electrons. The van der Waals surface area contributed by atoms with E-state index in [1.54, 1.807) is 24.3 Å². The SMILES string of the molecule is CN(Cc1ccco1)C(=O)CN1CCNCC1C(N)=O. The number of nitrogens with zero attached hydrogens (tertiary/aromatic N) is 2. The Bertz CT molecular complexity index is 460. The zero-order valence-electron chi connectivity index (χ0n) is 11.5. The lowest BCUT2D eigenvalue weighted by molar-refractivity contribution is -0.134. The first-order valence-corrected chi connectivity index (χ1v) is 6.58. The van der Waals surface area contributed by atoms with Gasteiger partial charge in [0.2, 0.25) is 11.8 Å². The summed E-state index contributed by atoms with van der Waals surface area (Å²) in [4.78, 5) is 27.0. The predicted molar refractivity (Wildman–Crippen MR) is 72.6 cm³/mol. The van der Waals surface area contributed by atoms with E-state index < -0.39 is 11.9 Å². The van der Waals surface area contributed by atoms with Crippen LogP contribution in [0, 0.1) is 0 Å². The summed E-state index contributed by atoms with van der Waals surface area (Å²) < 4.78 is 5.21. The second kappa shape index (κ2) is 6.53. The van der Waals surface area contributed by atoms with Crippen LogP contribution in [0.3, 0.4) is 0 Å².